The molecule has 0 saturated heterocycles. The maximum absolute atomic E-state index is 12.9. The van der Waals surface area contributed by atoms with Gasteiger partial charge in [0, 0.05) is 11.6 Å². The lowest BCUT2D eigenvalue weighted by atomic mass is 9.96. The Bertz CT molecular complexity index is 712. The standard InChI is InChI=1S/C13H14F3N5/c1-11(2-3-11)12(4-5-12)20-9-6-8(13(14,15)16)19-10-17-7-18-21(9)10/h6-7,20H,2-5H2,1H3. The Kier molecular flexibility index (Phi) is 2.24. The Morgan fingerprint density at radius 3 is 2.52 bits per heavy atom. The second-order valence-corrected chi connectivity index (χ2v) is 6.26. The van der Waals surface area contributed by atoms with Crippen LogP contribution in [0.15, 0.2) is 12.4 Å². The summed E-state index contributed by atoms with van der Waals surface area (Å²) in [5.74, 6) is 0.277. The van der Waals surface area contributed by atoms with Crippen LogP contribution in [0.3, 0.4) is 0 Å². The van der Waals surface area contributed by atoms with Crippen molar-refractivity contribution in [1.82, 2.24) is 19.6 Å². The molecule has 2 saturated carbocycles. The number of alkyl halides is 3. The Labute approximate surface area is 118 Å². The Balaban J connectivity index is 1.79. The molecule has 2 fully saturated rings. The summed E-state index contributed by atoms with van der Waals surface area (Å²) in [7, 11) is 0. The van der Waals surface area contributed by atoms with Crippen molar-refractivity contribution in [3.63, 3.8) is 0 Å². The number of halogens is 3. The highest BCUT2D eigenvalue weighted by Gasteiger charge is 2.62. The first-order valence-electron chi connectivity index (χ1n) is 6.89. The lowest BCUT2D eigenvalue weighted by molar-refractivity contribution is -0.141. The first-order valence-corrected chi connectivity index (χ1v) is 6.89. The molecule has 2 aromatic heterocycles. The number of aromatic nitrogens is 4. The van der Waals surface area contributed by atoms with E-state index in [1.165, 1.54) is 10.8 Å². The zero-order valence-corrected chi connectivity index (χ0v) is 11.4. The van der Waals surface area contributed by atoms with E-state index in [0.717, 1.165) is 31.7 Å². The van der Waals surface area contributed by atoms with Gasteiger partial charge in [-0.25, -0.2) is 4.98 Å². The minimum Gasteiger partial charge on any atom is -0.364 e. The lowest BCUT2D eigenvalue weighted by Crippen LogP contribution is -2.32. The molecule has 0 aliphatic heterocycles. The normalized spacial score (nSPS) is 22.3. The fraction of sp³-hybridized carbons (Fsp3) is 0.615. The van der Waals surface area contributed by atoms with Crippen molar-refractivity contribution in [2.24, 2.45) is 5.41 Å². The van der Waals surface area contributed by atoms with E-state index in [0.29, 0.717) is 5.82 Å². The van der Waals surface area contributed by atoms with Gasteiger partial charge in [-0.3, -0.25) is 0 Å². The molecule has 0 atom stereocenters. The first kappa shape index (κ1) is 12.8. The molecule has 2 aliphatic rings. The zero-order valence-electron chi connectivity index (χ0n) is 11.4. The molecule has 0 aromatic carbocycles. The molecule has 2 aliphatic carbocycles. The number of nitrogens with zero attached hydrogens (tertiary/aromatic N) is 4. The number of hydrogen-bond donors (Lipinski definition) is 1. The molecule has 0 unspecified atom stereocenters. The maximum Gasteiger partial charge on any atom is 0.433 e. The van der Waals surface area contributed by atoms with Gasteiger partial charge >= 0.3 is 6.18 Å². The van der Waals surface area contributed by atoms with Crippen LogP contribution in [0.2, 0.25) is 0 Å². The first-order chi connectivity index (χ1) is 9.83. The molecule has 4 rings (SSSR count). The Morgan fingerprint density at radius 2 is 1.95 bits per heavy atom. The van der Waals surface area contributed by atoms with Gasteiger partial charge < -0.3 is 5.32 Å². The second-order valence-electron chi connectivity index (χ2n) is 6.26. The van der Waals surface area contributed by atoms with Gasteiger partial charge in [0.15, 0.2) is 5.69 Å². The molecule has 1 N–H and O–H groups in total. The SMILES string of the molecule is CC1(C2(Nc3cc(C(F)(F)F)nc4ncnn34)CC2)CC1. The van der Waals surface area contributed by atoms with Gasteiger partial charge in [0.2, 0.25) is 0 Å². The summed E-state index contributed by atoms with van der Waals surface area (Å²) >= 11 is 0. The van der Waals surface area contributed by atoms with E-state index in [1.807, 2.05) is 0 Å². The molecule has 0 amide bonds. The van der Waals surface area contributed by atoms with Crippen molar-refractivity contribution in [1.29, 1.82) is 0 Å². The summed E-state index contributed by atoms with van der Waals surface area (Å²) in [5.41, 5.74) is -0.861. The Morgan fingerprint density at radius 1 is 1.24 bits per heavy atom. The predicted molar refractivity (Wildman–Crippen MR) is 68.7 cm³/mol. The monoisotopic (exact) mass is 297 g/mol. The number of rotatable bonds is 3. The number of nitrogens with one attached hydrogen (secondary N) is 1. The summed E-state index contributed by atoms with van der Waals surface area (Å²) in [6.07, 6.45) is 0.887. The summed E-state index contributed by atoms with van der Waals surface area (Å²) in [5, 5.41) is 7.26. The van der Waals surface area contributed by atoms with Gasteiger partial charge in [-0.15, -0.1) is 0 Å². The summed E-state index contributed by atoms with van der Waals surface area (Å²) < 4.78 is 40.2. The maximum atomic E-state index is 12.9. The highest BCUT2D eigenvalue weighted by molar-refractivity contribution is 5.50. The minimum atomic E-state index is -4.50. The van der Waals surface area contributed by atoms with Gasteiger partial charge in [-0.2, -0.15) is 27.8 Å². The van der Waals surface area contributed by atoms with Crippen LogP contribution in [-0.2, 0) is 6.18 Å². The van der Waals surface area contributed by atoms with E-state index in [4.69, 9.17) is 0 Å². The van der Waals surface area contributed by atoms with Crippen LogP contribution in [-0.4, -0.2) is 25.1 Å². The van der Waals surface area contributed by atoms with Crippen molar-refractivity contribution >= 4 is 11.6 Å². The smallest absolute Gasteiger partial charge is 0.364 e. The van der Waals surface area contributed by atoms with Crippen LogP contribution in [0.25, 0.3) is 5.78 Å². The highest BCUT2D eigenvalue weighted by atomic mass is 19.4. The van der Waals surface area contributed by atoms with Crippen LogP contribution < -0.4 is 5.32 Å². The molecule has 8 heteroatoms. The molecule has 2 aromatic rings. The molecular weight excluding hydrogens is 283 g/mol. The fourth-order valence-electron chi connectivity index (χ4n) is 2.96. The zero-order chi connectivity index (χ0) is 14.9. The van der Waals surface area contributed by atoms with E-state index < -0.39 is 11.9 Å². The van der Waals surface area contributed by atoms with Crippen LogP contribution in [0.4, 0.5) is 19.0 Å². The average molecular weight is 297 g/mol. The molecule has 0 radical (unpaired) electrons. The van der Waals surface area contributed by atoms with Crippen LogP contribution in [0.1, 0.15) is 38.3 Å². The molecule has 0 spiro atoms. The van der Waals surface area contributed by atoms with Crippen LogP contribution in [0, 0.1) is 5.41 Å². The van der Waals surface area contributed by atoms with Gasteiger partial charge in [0.1, 0.15) is 12.1 Å². The van der Waals surface area contributed by atoms with Gasteiger partial charge in [-0.1, -0.05) is 6.92 Å². The quantitative estimate of drug-likeness (QED) is 0.946. The van der Waals surface area contributed by atoms with E-state index in [-0.39, 0.29) is 16.7 Å². The molecule has 0 bridgehead atoms. The van der Waals surface area contributed by atoms with Crippen LogP contribution >= 0.6 is 0 Å². The lowest BCUT2D eigenvalue weighted by Gasteiger charge is -2.26. The summed E-state index contributed by atoms with van der Waals surface area (Å²) in [4.78, 5) is 7.30. The number of fused-ring (bicyclic) bond motifs is 1. The van der Waals surface area contributed by atoms with Crippen molar-refractivity contribution in [3.8, 4) is 0 Å². The third-order valence-electron chi connectivity index (χ3n) is 4.81. The van der Waals surface area contributed by atoms with E-state index in [2.05, 4.69) is 27.3 Å². The number of hydrogen-bond acceptors (Lipinski definition) is 4. The van der Waals surface area contributed by atoms with Crippen molar-refractivity contribution in [2.45, 2.75) is 44.3 Å². The molecule has 2 heterocycles. The molecule has 112 valence electrons. The summed E-state index contributed by atoms with van der Waals surface area (Å²) in [6.45, 7) is 2.18. The van der Waals surface area contributed by atoms with Crippen LogP contribution in [0.5, 0.6) is 0 Å². The van der Waals surface area contributed by atoms with Crippen molar-refractivity contribution in [2.75, 3.05) is 5.32 Å². The molecule has 21 heavy (non-hydrogen) atoms. The van der Waals surface area contributed by atoms with E-state index >= 15 is 0 Å². The third-order valence-corrected chi connectivity index (χ3v) is 4.81. The van der Waals surface area contributed by atoms with Crippen molar-refractivity contribution < 1.29 is 13.2 Å². The second kappa shape index (κ2) is 3.66. The molecule has 5 nitrogen and oxygen atoms in total. The van der Waals surface area contributed by atoms with E-state index in [9.17, 15) is 13.2 Å². The van der Waals surface area contributed by atoms with E-state index in [1.54, 1.807) is 0 Å². The van der Waals surface area contributed by atoms with Gasteiger partial charge in [-0.05, 0) is 31.1 Å². The topological polar surface area (TPSA) is 55.1 Å². The number of anilines is 1. The average Bonchev–Trinajstić information content (AvgIpc) is 3.29. The minimum absolute atomic E-state index is 0.0379. The largest absolute Gasteiger partial charge is 0.433 e. The summed E-state index contributed by atoms with van der Waals surface area (Å²) in [6, 6.07) is 1.02. The molecular formula is C13H14F3N5. The third kappa shape index (κ3) is 1.88. The Hall–Kier alpha value is -1.86. The van der Waals surface area contributed by atoms with Gasteiger partial charge in [0.05, 0.1) is 0 Å². The van der Waals surface area contributed by atoms with Crippen molar-refractivity contribution in [3.05, 3.63) is 18.1 Å². The fourth-order valence-corrected chi connectivity index (χ4v) is 2.96. The van der Waals surface area contributed by atoms with Gasteiger partial charge in [0.25, 0.3) is 5.78 Å². The highest BCUT2D eigenvalue weighted by Crippen LogP contribution is 2.65. The predicted octanol–water partition coefficient (Wildman–Crippen LogP) is 2.89.